The molecule has 6 nitrogen and oxygen atoms in total. The van der Waals surface area contributed by atoms with Gasteiger partial charge in [-0.2, -0.15) is 0 Å². The molecule has 0 aromatic carbocycles. The van der Waals surface area contributed by atoms with E-state index in [2.05, 4.69) is 20.8 Å². The first-order valence-electron chi connectivity index (χ1n) is 14.2. The van der Waals surface area contributed by atoms with E-state index in [-0.39, 0.29) is 39.9 Å². The van der Waals surface area contributed by atoms with E-state index in [1.54, 1.807) is 34.6 Å². The van der Waals surface area contributed by atoms with E-state index in [0.717, 1.165) is 70.6 Å². The normalized spacial score (nSPS) is 12.6. The van der Waals surface area contributed by atoms with Crippen LogP contribution in [0.5, 0.6) is 0 Å². The van der Waals surface area contributed by atoms with Crippen LogP contribution in [-0.2, 0) is 14.4 Å². The zero-order valence-corrected chi connectivity index (χ0v) is 27.7. The van der Waals surface area contributed by atoms with Crippen molar-refractivity contribution in [1.82, 2.24) is 0 Å². The largest absolute Gasteiger partial charge is 3.00 e. The number of carboxylic acid groups (broad SMARTS) is 3. The van der Waals surface area contributed by atoms with Gasteiger partial charge in [0.15, 0.2) is 0 Å². The van der Waals surface area contributed by atoms with Crippen LogP contribution >= 0.6 is 0 Å². The number of aliphatic carboxylic acids is 3. The van der Waals surface area contributed by atoms with Crippen molar-refractivity contribution in [2.24, 2.45) is 16.2 Å². The van der Waals surface area contributed by atoms with Gasteiger partial charge >= 0.3 is 39.9 Å². The molecule has 7 heteroatoms. The molecular formula is C30H57GdO6. The van der Waals surface area contributed by atoms with Crippen LogP contribution in [0.25, 0.3) is 0 Å². The molecule has 0 saturated carbocycles. The Morgan fingerprint density at radius 3 is 1.05 bits per heavy atom. The number of hydrogen-bond acceptors (Lipinski definition) is 6. The molecule has 0 rings (SSSR count). The molecule has 0 aliphatic carbocycles. The molecule has 0 aromatic heterocycles. The Balaban J connectivity index is -0.000000218. The first kappa shape index (κ1) is 43.8. The van der Waals surface area contributed by atoms with Crippen LogP contribution in [0, 0.1) is 56.2 Å². The second-order valence-corrected chi connectivity index (χ2v) is 11.7. The summed E-state index contributed by atoms with van der Waals surface area (Å²) in [5.74, 6) is -2.75. The topological polar surface area (TPSA) is 120 Å². The Morgan fingerprint density at radius 1 is 0.459 bits per heavy atom. The number of carbonyl (C=O) groups excluding carboxylic acids is 3. The minimum absolute atomic E-state index is 0. The molecule has 221 valence electrons. The number of hydrogen-bond donors (Lipinski definition) is 0. The van der Waals surface area contributed by atoms with Gasteiger partial charge in [-0.05, 0) is 25.7 Å². The number of rotatable bonds is 18. The average Bonchev–Trinajstić information content (AvgIpc) is 2.79. The molecule has 0 aliphatic rings. The molecule has 0 N–H and O–H groups in total. The molecule has 0 saturated heterocycles. The standard InChI is InChI=1S/3C10H20O2.Gd/c2*1-4-5-6-7-8-10(2,3)9(11)12;1-4-6-8-10(3,7-5-2)9(11)12;/h3*4-8H2,1-3H3,(H,11,12);/q;;;+3/p-3. The van der Waals surface area contributed by atoms with E-state index >= 15 is 0 Å². The van der Waals surface area contributed by atoms with Crippen molar-refractivity contribution in [2.75, 3.05) is 0 Å². The smallest absolute Gasteiger partial charge is 0.550 e. The molecule has 0 heterocycles. The maximum atomic E-state index is 10.8. The Labute approximate surface area is 260 Å². The van der Waals surface area contributed by atoms with Crippen molar-refractivity contribution < 1.29 is 69.6 Å². The van der Waals surface area contributed by atoms with Gasteiger partial charge in [0.05, 0.1) is 0 Å². The van der Waals surface area contributed by atoms with Crippen LogP contribution in [0.4, 0.5) is 0 Å². The van der Waals surface area contributed by atoms with E-state index in [9.17, 15) is 29.7 Å². The third kappa shape index (κ3) is 24.5. The van der Waals surface area contributed by atoms with E-state index in [0.29, 0.717) is 0 Å². The maximum absolute atomic E-state index is 10.8. The summed E-state index contributed by atoms with van der Waals surface area (Å²) in [7, 11) is 0. The van der Waals surface area contributed by atoms with Crippen LogP contribution in [-0.4, -0.2) is 17.9 Å². The monoisotopic (exact) mass is 671 g/mol. The van der Waals surface area contributed by atoms with Gasteiger partial charge in [-0.1, -0.05) is 133 Å². The molecular weight excluding hydrogens is 614 g/mol. The van der Waals surface area contributed by atoms with Crippen LogP contribution in [0.3, 0.4) is 0 Å². The van der Waals surface area contributed by atoms with E-state index in [1.807, 2.05) is 6.92 Å². The molecule has 0 fully saturated rings. The summed E-state index contributed by atoms with van der Waals surface area (Å²) in [5.41, 5.74) is -1.88. The molecule has 0 spiro atoms. The van der Waals surface area contributed by atoms with Crippen LogP contribution < -0.4 is 15.3 Å². The maximum Gasteiger partial charge on any atom is 3.00 e. The van der Waals surface area contributed by atoms with Crippen LogP contribution in [0.1, 0.15) is 159 Å². The Kier molecular flexibility index (Phi) is 29.3. The first-order valence-corrected chi connectivity index (χ1v) is 14.2. The third-order valence-electron chi connectivity index (χ3n) is 6.79. The summed E-state index contributed by atoms with van der Waals surface area (Å²) in [6, 6.07) is 0. The van der Waals surface area contributed by atoms with Gasteiger partial charge in [0.2, 0.25) is 0 Å². The van der Waals surface area contributed by atoms with E-state index in [4.69, 9.17) is 0 Å². The predicted octanol–water partition coefficient (Wildman–Crippen LogP) is 5.20. The zero-order chi connectivity index (χ0) is 28.8. The zero-order valence-electron chi connectivity index (χ0n) is 25.4. The Bertz CT molecular complexity index is 555. The van der Waals surface area contributed by atoms with Crippen molar-refractivity contribution in [2.45, 2.75) is 159 Å². The van der Waals surface area contributed by atoms with Crippen molar-refractivity contribution in [3.63, 3.8) is 0 Å². The molecule has 0 aromatic rings. The minimum atomic E-state index is -0.931. The molecule has 0 aliphatic heterocycles. The Hall–Kier alpha value is -0.265. The molecule has 1 radical (unpaired) electrons. The average molecular weight is 671 g/mol. The summed E-state index contributed by atoms with van der Waals surface area (Å²) in [6.45, 7) is 17.1. The second-order valence-electron chi connectivity index (χ2n) is 11.7. The van der Waals surface area contributed by atoms with Crippen molar-refractivity contribution in [3.8, 4) is 0 Å². The predicted molar refractivity (Wildman–Crippen MR) is 143 cm³/mol. The van der Waals surface area contributed by atoms with Crippen LogP contribution in [0.2, 0.25) is 0 Å². The quantitative estimate of drug-likeness (QED) is 0.185. The molecule has 0 bridgehead atoms. The summed E-state index contributed by atoms with van der Waals surface area (Å²) in [5, 5.41) is 32.0. The first-order chi connectivity index (χ1) is 16.6. The van der Waals surface area contributed by atoms with E-state index in [1.165, 1.54) is 25.7 Å². The van der Waals surface area contributed by atoms with Gasteiger partial charge < -0.3 is 29.7 Å². The van der Waals surface area contributed by atoms with Crippen molar-refractivity contribution in [1.29, 1.82) is 0 Å². The van der Waals surface area contributed by atoms with Gasteiger partial charge in [-0.15, -0.1) is 0 Å². The minimum Gasteiger partial charge on any atom is -0.550 e. The van der Waals surface area contributed by atoms with Gasteiger partial charge in [0.25, 0.3) is 0 Å². The van der Waals surface area contributed by atoms with Gasteiger partial charge in [-0.3, -0.25) is 0 Å². The summed E-state index contributed by atoms with van der Waals surface area (Å²) >= 11 is 0. The summed E-state index contributed by atoms with van der Waals surface area (Å²) < 4.78 is 0. The number of carbonyl (C=O) groups is 3. The van der Waals surface area contributed by atoms with E-state index < -0.39 is 34.2 Å². The third-order valence-corrected chi connectivity index (χ3v) is 6.79. The van der Waals surface area contributed by atoms with Gasteiger partial charge in [-0.25, -0.2) is 0 Å². The Morgan fingerprint density at radius 2 is 0.811 bits per heavy atom. The number of unbranched alkanes of at least 4 members (excludes halogenated alkanes) is 7. The fourth-order valence-corrected chi connectivity index (χ4v) is 3.64. The summed E-state index contributed by atoms with van der Waals surface area (Å²) in [4.78, 5) is 32.0. The molecule has 1 unspecified atom stereocenters. The summed E-state index contributed by atoms with van der Waals surface area (Å²) in [6.07, 6.45) is 14.9. The number of carboxylic acids is 3. The van der Waals surface area contributed by atoms with Gasteiger partial charge in [0, 0.05) is 34.2 Å². The fourth-order valence-electron chi connectivity index (χ4n) is 3.64. The SMILES string of the molecule is CCCCC(C)(CCC)C(=O)[O-].CCCCCCC(C)(C)C(=O)[O-].CCCCCCC(C)(C)C(=O)[O-].[Gd+3]. The molecule has 1 atom stereocenters. The van der Waals surface area contributed by atoms with Gasteiger partial charge in [0.1, 0.15) is 0 Å². The molecule has 37 heavy (non-hydrogen) atoms. The second kappa shape index (κ2) is 24.8. The molecule has 0 amide bonds. The van der Waals surface area contributed by atoms with Crippen LogP contribution in [0.15, 0.2) is 0 Å². The fraction of sp³-hybridized carbons (Fsp3) is 0.900. The van der Waals surface area contributed by atoms with Crippen molar-refractivity contribution in [3.05, 3.63) is 0 Å². The van der Waals surface area contributed by atoms with Crippen molar-refractivity contribution >= 4 is 17.9 Å².